The van der Waals surface area contributed by atoms with Crippen LogP contribution in [0.15, 0.2) is 60.7 Å². The van der Waals surface area contributed by atoms with Gasteiger partial charge in [-0.05, 0) is 27.8 Å². The van der Waals surface area contributed by atoms with Crippen molar-refractivity contribution in [2.75, 3.05) is 6.61 Å². The lowest BCUT2D eigenvalue weighted by Gasteiger charge is -2.43. The fourth-order valence-electron chi connectivity index (χ4n) is 4.50. The Bertz CT molecular complexity index is 745. The first-order chi connectivity index (χ1) is 12.4. The van der Waals surface area contributed by atoms with Gasteiger partial charge in [0.25, 0.3) is 8.32 Å². The minimum absolute atomic E-state index is 0.0265. The van der Waals surface area contributed by atoms with Crippen LogP contribution in [-0.2, 0) is 9.22 Å². The highest BCUT2D eigenvalue weighted by molar-refractivity contribution is 6.99. The molecule has 2 fully saturated rings. The van der Waals surface area contributed by atoms with Gasteiger partial charge in [0, 0.05) is 5.92 Å². The molecule has 1 heterocycles. The van der Waals surface area contributed by atoms with E-state index in [1.165, 1.54) is 10.4 Å². The van der Waals surface area contributed by atoms with Gasteiger partial charge < -0.3 is 9.74 Å². The molecule has 1 saturated heterocycles. The van der Waals surface area contributed by atoms with Gasteiger partial charge in [0.05, 0.1) is 12.6 Å². The Hall–Kier alpha value is -1.91. The molecule has 3 atom stereocenters. The molecule has 0 radical (unpaired) electrons. The molecular weight excluding hydrogens is 338 g/mol. The van der Waals surface area contributed by atoms with Gasteiger partial charge in [0.15, 0.2) is 0 Å². The van der Waals surface area contributed by atoms with Crippen molar-refractivity contribution in [2.45, 2.75) is 38.3 Å². The van der Waals surface area contributed by atoms with E-state index in [1.807, 2.05) is 0 Å². The summed E-state index contributed by atoms with van der Waals surface area (Å²) in [4.78, 5) is 11.9. The molecule has 1 N–H and O–H groups in total. The zero-order valence-corrected chi connectivity index (χ0v) is 16.7. The van der Waals surface area contributed by atoms with Gasteiger partial charge in [0.1, 0.15) is 0 Å². The van der Waals surface area contributed by atoms with E-state index in [0.717, 1.165) is 6.42 Å². The Kier molecular flexibility index (Phi) is 4.28. The van der Waals surface area contributed by atoms with Crippen molar-refractivity contribution in [3.63, 3.8) is 0 Å². The molecule has 0 bridgehead atoms. The van der Waals surface area contributed by atoms with Crippen LogP contribution in [0.2, 0.25) is 5.04 Å². The Morgan fingerprint density at radius 2 is 1.54 bits per heavy atom. The highest BCUT2D eigenvalue weighted by Crippen LogP contribution is 2.46. The zero-order valence-electron chi connectivity index (χ0n) is 15.7. The molecule has 1 aliphatic heterocycles. The summed E-state index contributed by atoms with van der Waals surface area (Å²) in [5, 5.41) is 5.69. The minimum atomic E-state index is -2.50. The van der Waals surface area contributed by atoms with Crippen LogP contribution in [0.1, 0.15) is 27.2 Å². The van der Waals surface area contributed by atoms with Gasteiger partial charge in [0.2, 0.25) is 5.91 Å². The standard InChI is InChI=1S/C22H27NO2Si/c1-22(2,3)26(16-10-6-4-7-11-16,17-12-8-5-9-13-17)25-15-20-18-14-19(18)21(24)23-20/h4-13,18-20H,14-15H2,1-3H3,(H,23,24)/t18-,19+,20-/m1/s1. The van der Waals surface area contributed by atoms with Crippen LogP contribution in [0.25, 0.3) is 0 Å². The van der Waals surface area contributed by atoms with Crippen LogP contribution in [0.4, 0.5) is 0 Å². The average Bonchev–Trinajstić information content (AvgIpc) is 3.37. The topological polar surface area (TPSA) is 38.3 Å². The minimum Gasteiger partial charge on any atom is -0.405 e. The number of hydrogen-bond donors (Lipinski definition) is 1. The Labute approximate surface area is 156 Å². The summed E-state index contributed by atoms with van der Waals surface area (Å²) in [6, 6.07) is 21.5. The Morgan fingerprint density at radius 1 is 1.00 bits per heavy atom. The molecule has 0 unspecified atom stereocenters. The van der Waals surface area contributed by atoms with Crippen LogP contribution < -0.4 is 15.7 Å². The van der Waals surface area contributed by atoms with Gasteiger partial charge in [-0.15, -0.1) is 0 Å². The van der Waals surface area contributed by atoms with Crippen molar-refractivity contribution in [3.05, 3.63) is 60.7 Å². The fourth-order valence-corrected chi connectivity index (χ4v) is 9.08. The number of rotatable bonds is 5. The average molecular weight is 366 g/mol. The maximum absolute atomic E-state index is 11.9. The molecule has 136 valence electrons. The van der Waals surface area contributed by atoms with E-state index in [0.29, 0.717) is 12.5 Å². The third-order valence-corrected chi connectivity index (χ3v) is 10.9. The number of hydrogen-bond acceptors (Lipinski definition) is 2. The first kappa shape index (κ1) is 17.5. The fraction of sp³-hybridized carbons (Fsp3) is 0.409. The first-order valence-electron chi connectivity index (χ1n) is 9.49. The van der Waals surface area contributed by atoms with Gasteiger partial charge in [-0.1, -0.05) is 81.4 Å². The zero-order chi connectivity index (χ0) is 18.4. The van der Waals surface area contributed by atoms with Crippen molar-refractivity contribution in [2.24, 2.45) is 11.8 Å². The first-order valence-corrected chi connectivity index (χ1v) is 11.4. The second-order valence-corrected chi connectivity index (χ2v) is 12.9. The molecule has 1 amide bonds. The molecule has 4 rings (SSSR count). The molecular formula is C22H27NO2Si. The summed E-state index contributed by atoms with van der Waals surface area (Å²) in [6.07, 6.45) is 1.03. The second kappa shape index (κ2) is 6.36. The lowest BCUT2D eigenvalue weighted by atomic mass is 10.2. The largest absolute Gasteiger partial charge is 0.405 e. The number of carbonyl (C=O) groups excluding carboxylic acids is 1. The smallest absolute Gasteiger partial charge is 0.261 e. The molecule has 26 heavy (non-hydrogen) atoms. The van der Waals surface area contributed by atoms with Crippen molar-refractivity contribution >= 4 is 24.6 Å². The Morgan fingerprint density at radius 3 is 1.92 bits per heavy atom. The third-order valence-electron chi connectivity index (χ3n) is 5.92. The summed E-state index contributed by atoms with van der Waals surface area (Å²) in [5.74, 6) is 0.925. The highest BCUT2D eigenvalue weighted by atomic mass is 28.4. The molecule has 2 aromatic rings. The predicted molar refractivity (Wildman–Crippen MR) is 107 cm³/mol. The third kappa shape index (κ3) is 2.81. The van der Waals surface area contributed by atoms with Crippen molar-refractivity contribution < 1.29 is 9.22 Å². The van der Waals surface area contributed by atoms with Crippen LogP contribution in [0.3, 0.4) is 0 Å². The van der Waals surface area contributed by atoms with Crippen LogP contribution in [0.5, 0.6) is 0 Å². The van der Waals surface area contributed by atoms with E-state index >= 15 is 0 Å². The van der Waals surface area contributed by atoms with Crippen LogP contribution in [0, 0.1) is 11.8 Å². The summed E-state index contributed by atoms with van der Waals surface area (Å²) in [7, 11) is -2.50. The van der Waals surface area contributed by atoms with E-state index in [-0.39, 0.29) is 22.9 Å². The summed E-state index contributed by atoms with van der Waals surface area (Å²) >= 11 is 0. The SMILES string of the molecule is CC(C)(C)[Si](OC[C@H]1NC(=O)[C@H]2C[C@H]21)(c1ccccc1)c1ccccc1. The summed E-state index contributed by atoms with van der Waals surface area (Å²) in [5.41, 5.74) is 0. The van der Waals surface area contributed by atoms with Gasteiger partial charge >= 0.3 is 0 Å². The van der Waals surface area contributed by atoms with E-state index in [9.17, 15) is 4.79 Å². The Balaban J connectivity index is 1.74. The maximum Gasteiger partial charge on any atom is 0.261 e. The molecule has 4 heteroatoms. The quantitative estimate of drug-likeness (QED) is 0.828. The number of nitrogens with one attached hydrogen (secondary N) is 1. The molecule has 2 aromatic carbocycles. The molecule has 2 aliphatic rings. The van der Waals surface area contributed by atoms with E-state index < -0.39 is 8.32 Å². The van der Waals surface area contributed by atoms with Gasteiger partial charge in [-0.3, -0.25) is 4.79 Å². The van der Waals surface area contributed by atoms with Crippen molar-refractivity contribution in [1.29, 1.82) is 0 Å². The molecule has 0 spiro atoms. The lowest BCUT2D eigenvalue weighted by Crippen LogP contribution is -2.67. The van der Waals surface area contributed by atoms with Crippen molar-refractivity contribution in [1.82, 2.24) is 5.32 Å². The van der Waals surface area contributed by atoms with Crippen LogP contribution in [-0.4, -0.2) is 26.9 Å². The molecule has 0 aromatic heterocycles. The van der Waals surface area contributed by atoms with E-state index in [2.05, 4.69) is 86.8 Å². The monoisotopic (exact) mass is 365 g/mol. The lowest BCUT2D eigenvalue weighted by molar-refractivity contribution is -0.121. The van der Waals surface area contributed by atoms with E-state index in [4.69, 9.17) is 4.43 Å². The molecule has 1 aliphatic carbocycles. The number of fused-ring (bicyclic) bond motifs is 1. The number of piperidine rings is 1. The van der Waals surface area contributed by atoms with E-state index in [1.54, 1.807) is 0 Å². The normalized spacial score (nSPS) is 24.9. The molecule has 3 nitrogen and oxygen atoms in total. The second-order valence-electron chi connectivity index (χ2n) is 8.60. The van der Waals surface area contributed by atoms with Crippen molar-refractivity contribution in [3.8, 4) is 0 Å². The summed E-state index contributed by atoms with van der Waals surface area (Å²) < 4.78 is 6.92. The van der Waals surface area contributed by atoms with Crippen LogP contribution >= 0.6 is 0 Å². The maximum atomic E-state index is 11.9. The molecule has 1 saturated carbocycles. The number of amides is 1. The number of carbonyl (C=O) groups is 1. The van der Waals surface area contributed by atoms with Gasteiger partial charge in [-0.2, -0.15) is 0 Å². The highest BCUT2D eigenvalue weighted by Gasteiger charge is 2.56. The van der Waals surface area contributed by atoms with Gasteiger partial charge in [-0.25, -0.2) is 0 Å². The summed E-state index contributed by atoms with van der Waals surface area (Å²) in [6.45, 7) is 7.45. The number of benzene rings is 2. The predicted octanol–water partition coefficient (Wildman–Crippen LogP) is 2.70.